The Morgan fingerprint density at radius 1 is 1.33 bits per heavy atom. The van der Waals surface area contributed by atoms with E-state index in [1.54, 1.807) is 11.2 Å². The van der Waals surface area contributed by atoms with Crippen molar-refractivity contribution in [1.82, 2.24) is 20.9 Å². The zero-order chi connectivity index (χ0) is 11.0. The third kappa shape index (κ3) is 1.46. The first-order valence-electron chi connectivity index (χ1n) is 4.18. The molecule has 0 saturated heterocycles. The Hall–Kier alpha value is -2.22. The number of nitrogens with one attached hydrogen (secondary N) is 2. The molecule has 2 rings (SSSR count). The minimum absolute atomic E-state index is 0.199. The number of hydrazine groups is 2. The van der Waals surface area contributed by atoms with Crippen molar-refractivity contribution in [3.8, 4) is 0 Å². The molecule has 2 heterocycles. The second-order valence-corrected chi connectivity index (χ2v) is 3.06. The molecule has 0 aromatic heterocycles. The molecule has 0 aromatic rings. The molecular formula is C7H10N6O2. The lowest BCUT2D eigenvalue weighted by Crippen LogP contribution is -2.42. The molecule has 3 amide bonds. The van der Waals surface area contributed by atoms with E-state index in [9.17, 15) is 9.59 Å². The van der Waals surface area contributed by atoms with E-state index in [1.807, 2.05) is 0 Å². The molecule has 0 aromatic carbocycles. The van der Waals surface area contributed by atoms with Crippen LogP contribution in [0.5, 0.6) is 0 Å². The van der Waals surface area contributed by atoms with Crippen molar-refractivity contribution in [1.29, 1.82) is 0 Å². The van der Waals surface area contributed by atoms with Crippen molar-refractivity contribution >= 4 is 11.9 Å². The van der Waals surface area contributed by atoms with Gasteiger partial charge in [-0.1, -0.05) is 0 Å². The van der Waals surface area contributed by atoms with Crippen LogP contribution in [0, 0.1) is 0 Å². The van der Waals surface area contributed by atoms with Crippen LogP contribution in [0.15, 0.2) is 23.8 Å². The number of nitrogens with two attached hydrogens (primary N) is 2. The molecule has 80 valence electrons. The Balaban J connectivity index is 2.31. The predicted molar refractivity (Wildman–Crippen MR) is 49.8 cm³/mol. The number of carbonyl (C=O) groups is 2. The molecule has 15 heavy (non-hydrogen) atoms. The lowest BCUT2D eigenvalue weighted by Gasteiger charge is -2.26. The number of carbonyl (C=O) groups excluding carboxylic acids is 2. The van der Waals surface area contributed by atoms with E-state index < -0.39 is 11.9 Å². The topological polar surface area (TPSA) is 117 Å². The maximum Gasteiger partial charge on any atom is 0.319 e. The summed E-state index contributed by atoms with van der Waals surface area (Å²) in [5, 5.41) is 1.56. The summed E-state index contributed by atoms with van der Waals surface area (Å²) in [4.78, 5) is 23.2. The quantitative estimate of drug-likeness (QED) is 0.394. The number of amides is 3. The molecule has 2 aliphatic rings. The van der Waals surface area contributed by atoms with Gasteiger partial charge in [0.15, 0.2) is 0 Å². The second kappa shape index (κ2) is 3.17. The molecular weight excluding hydrogens is 200 g/mol. The molecule has 0 bridgehead atoms. The van der Waals surface area contributed by atoms with Gasteiger partial charge in [-0.3, -0.25) is 20.1 Å². The minimum atomic E-state index is -0.597. The van der Waals surface area contributed by atoms with Gasteiger partial charge in [-0.2, -0.15) is 0 Å². The Kier molecular flexibility index (Phi) is 1.97. The van der Waals surface area contributed by atoms with E-state index in [1.165, 1.54) is 11.1 Å². The minimum Gasteiger partial charge on any atom is -0.364 e. The number of rotatable bonds is 1. The summed E-state index contributed by atoms with van der Waals surface area (Å²) in [6, 6.07) is -0.589. The van der Waals surface area contributed by atoms with Crippen LogP contribution in [-0.2, 0) is 4.79 Å². The Morgan fingerprint density at radius 3 is 2.67 bits per heavy atom. The smallest absolute Gasteiger partial charge is 0.319 e. The van der Waals surface area contributed by atoms with Gasteiger partial charge < -0.3 is 11.5 Å². The van der Waals surface area contributed by atoms with Crippen LogP contribution >= 0.6 is 0 Å². The fourth-order valence-corrected chi connectivity index (χ4v) is 1.38. The summed E-state index contributed by atoms with van der Waals surface area (Å²) in [5.74, 6) is -0.597. The molecule has 0 saturated carbocycles. The van der Waals surface area contributed by atoms with Crippen molar-refractivity contribution in [2.24, 2.45) is 11.5 Å². The molecule has 8 nitrogen and oxygen atoms in total. The number of primary amides is 2. The van der Waals surface area contributed by atoms with E-state index in [0.29, 0.717) is 5.70 Å². The third-order valence-electron chi connectivity index (χ3n) is 2.13. The number of hydrogen-bond donors (Lipinski definition) is 4. The Morgan fingerprint density at radius 2 is 2.07 bits per heavy atom. The van der Waals surface area contributed by atoms with Crippen LogP contribution in [0.2, 0.25) is 0 Å². The summed E-state index contributed by atoms with van der Waals surface area (Å²) in [5.41, 5.74) is 16.3. The van der Waals surface area contributed by atoms with Crippen molar-refractivity contribution in [2.75, 3.05) is 6.54 Å². The van der Waals surface area contributed by atoms with Crippen LogP contribution in [0.4, 0.5) is 4.79 Å². The van der Waals surface area contributed by atoms with E-state index in [4.69, 9.17) is 11.5 Å². The fraction of sp³-hybridized carbons (Fsp3) is 0.143. The Bertz CT molecular complexity index is 387. The SMILES string of the molecule is NC(=O)C1=C2CN(C(N)=O)C=CN2NN1. The first kappa shape index (κ1) is 9.34. The van der Waals surface area contributed by atoms with Crippen LogP contribution in [-0.4, -0.2) is 28.4 Å². The van der Waals surface area contributed by atoms with Gasteiger partial charge in [0, 0.05) is 12.4 Å². The maximum absolute atomic E-state index is 11.0. The molecule has 6 N–H and O–H groups in total. The van der Waals surface area contributed by atoms with Crippen molar-refractivity contribution in [2.45, 2.75) is 0 Å². The highest BCUT2D eigenvalue weighted by atomic mass is 16.2. The summed E-state index contributed by atoms with van der Waals surface area (Å²) < 4.78 is 0. The van der Waals surface area contributed by atoms with Gasteiger partial charge in [-0.25, -0.2) is 4.79 Å². The average molecular weight is 210 g/mol. The van der Waals surface area contributed by atoms with Gasteiger partial charge in [0.1, 0.15) is 5.70 Å². The summed E-state index contributed by atoms with van der Waals surface area (Å²) >= 11 is 0. The van der Waals surface area contributed by atoms with Crippen LogP contribution in [0.3, 0.4) is 0 Å². The molecule has 0 fully saturated rings. The number of fused-ring (bicyclic) bond motifs is 1. The van der Waals surface area contributed by atoms with Gasteiger partial charge in [-0.15, -0.1) is 5.53 Å². The van der Waals surface area contributed by atoms with Crippen molar-refractivity contribution < 1.29 is 9.59 Å². The lowest BCUT2D eigenvalue weighted by atomic mass is 10.2. The average Bonchev–Trinajstić information content (AvgIpc) is 2.59. The van der Waals surface area contributed by atoms with Gasteiger partial charge in [-0.05, 0) is 0 Å². The van der Waals surface area contributed by atoms with Crippen LogP contribution < -0.4 is 22.4 Å². The summed E-state index contributed by atoms with van der Waals surface area (Å²) in [6.07, 6.45) is 3.07. The summed E-state index contributed by atoms with van der Waals surface area (Å²) in [7, 11) is 0. The van der Waals surface area contributed by atoms with Crippen LogP contribution in [0.1, 0.15) is 0 Å². The molecule has 2 aliphatic heterocycles. The number of nitrogens with zero attached hydrogens (tertiary/aromatic N) is 2. The largest absolute Gasteiger partial charge is 0.364 e. The van der Waals surface area contributed by atoms with Gasteiger partial charge in [0.25, 0.3) is 5.91 Å². The fourth-order valence-electron chi connectivity index (χ4n) is 1.38. The molecule has 0 spiro atoms. The zero-order valence-electron chi connectivity index (χ0n) is 7.73. The first-order valence-corrected chi connectivity index (χ1v) is 4.18. The zero-order valence-corrected chi connectivity index (χ0v) is 7.73. The monoisotopic (exact) mass is 210 g/mol. The Labute approximate surface area is 85.1 Å². The summed E-state index contributed by atoms with van der Waals surface area (Å²) in [6.45, 7) is 0.199. The van der Waals surface area contributed by atoms with E-state index in [-0.39, 0.29) is 12.2 Å². The highest BCUT2D eigenvalue weighted by Crippen LogP contribution is 2.17. The predicted octanol–water partition coefficient (Wildman–Crippen LogP) is -2.13. The van der Waals surface area contributed by atoms with Crippen LogP contribution in [0.25, 0.3) is 0 Å². The van der Waals surface area contributed by atoms with Crippen molar-refractivity contribution in [3.63, 3.8) is 0 Å². The van der Waals surface area contributed by atoms with E-state index in [2.05, 4.69) is 11.0 Å². The number of urea groups is 1. The third-order valence-corrected chi connectivity index (χ3v) is 2.13. The highest BCUT2D eigenvalue weighted by Gasteiger charge is 2.29. The standard InChI is InChI=1S/C7H10N6O2/c8-6(14)5-4-3-12(7(9)15)1-2-13(4)11-10-5/h1-2,10-11H,3H2,(H2,8,14)(H2,9,15). The molecule has 0 atom stereocenters. The molecule has 0 unspecified atom stereocenters. The van der Waals surface area contributed by atoms with E-state index in [0.717, 1.165) is 0 Å². The number of hydrogen-bond acceptors (Lipinski definition) is 5. The molecule has 8 heteroatoms. The highest BCUT2D eigenvalue weighted by molar-refractivity contribution is 5.92. The van der Waals surface area contributed by atoms with Gasteiger partial charge in [0.2, 0.25) is 0 Å². The van der Waals surface area contributed by atoms with Gasteiger partial charge >= 0.3 is 6.03 Å². The second-order valence-electron chi connectivity index (χ2n) is 3.06. The van der Waals surface area contributed by atoms with Gasteiger partial charge in [0.05, 0.1) is 12.2 Å². The maximum atomic E-state index is 11.0. The lowest BCUT2D eigenvalue weighted by molar-refractivity contribution is -0.114. The van der Waals surface area contributed by atoms with E-state index >= 15 is 0 Å². The molecule has 0 aliphatic carbocycles. The van der Waals surface area contributed by atoms with Crippen molar-refractivity contribution in [3.05, 3.63) is 23.8 Å². The molecule has 0 radical (unpaired) electrons. The first-order chi connectivity index (χ1) is 7.09. The normalized spacial score (nSPS) is 18.9.